The van der Waals surface area contributed by atoms with Crippen LogP contribution in [0.1, 0.15) is 32.1 Å². The zero-order valence-electron chi connectivity index (χ0n) is 11.0. The van der Waals surface area contributed by atoms with Gasteiger partial charge < -0.3 is 19.5 Å². The van der Waals surface area contributed by atoms with E-state index in [1.165, 1.54) is 0 Å². The maximum atomic E-state index is 12.1. The van der Waals surface area contributed by atoms with Crippen molar-refractivity contribution >= 4 is 11.9 Å². The highest BCUT2D eigenvalue weighted by atomic mass is 16.5. The Bertz CT molecular complexity index is 327. The predicted octanol–water partition coefficient (Wildman–Crippen LogP) is 0.648. The van der Waals surface area contributed by atoms with Crippen LogP contribution in [0, 0.1) is 0 Å². The third-order valence-corrected chi connectivity index (χ3v) is 3.57. The highest BCUT2D eigenvalue weighted by Crippen LogP contribution is 2.18. The lowest BCUT2D eigenvalue weighted by atomic mass is 10.1. The molecule has 0 saturated carbocycles. The summed E-state index contributed by atoms with van der Waals surface area (Å²) in [7, 11) is 0. The van der Waals surface area contributed by atoms with Crippen LogP contribution in [0.4, 0.5) is 0 Å². The molecule has 0 unspecified atom stereocenters. The number of hydrogen-bond donors (Lipinski definition) is 1. The Morgan fingerprint density at radius 2 is 1.89 bits per heavy atom. The Hall–Kier alpha value is -1.14. The van der Waals surface area contributed by atoms with Gasteiger partial charge in [-0.25, -0.2) is 0 Å². The van der Waals surface area contributed by atoms with Crippen LogP contribution in [-0.4, -0.2) is 60.4 Å². The molecule has 0 spiro atoms. The highest BCUT2D eigenvalue weighted by molar-refractivity contribution is 5.77. The summed E-state index contributed by atoms with van der Waals surface area (Å²) in [6.45, 7) is 2.07. The molecule has 2 heterocycles. The van der Waals surface area contributed by atoms with Crippen molar-refractivity contribution in [1.29, 1.82) is 0 Å². The lowest BCUT2D eigenvalue weighted by molar-refractivity contribution is -0.149. The van der Waals surface area contributed by atoms with E-state index in [1.54, 1.807) is 4.90 Å². The molecule has 1 N–H and O–H groups in total. The van der Waals surface area contributed by atoms with Crippen LogP contribution in [0.25, 0.3) is 0 Å². The molecule has 0 aromatic rings. The monoisotopic (exact) mass is 271 g/mol. The zero-order chi connectivity index (χ0) is 13.7. The lowest BCUT2D eigenvalue weighted by Gasteiger charge is -2.33. The van der Waals surface area contributed by atoms with Crippen LogP contribution in [0.2, 0.25) is 0 Å². The van der Waals surface area contributed by atoms with E-state index in [4.69, 9.17) is 14.6 Å². The van der Waals surface area contributed by atoms with Crippen LogP contribution in [0.15, 0.2) is 0 Å². The number of nitrogens with zero attached hydrogens (tertiary/aromatic N) is 1. The highest BCUT2D eigenvalue weighted by Gasteiger charge is 2.28. The van der Waals surface area contributed by atoms with Gasteiger partial charge in [-0.2, -0.15) is 0 Å². The van der Waals surface area contributed by atoms with Crippen molar-refractivity contribution in [3.63, 3.8) is 0 Å². The summed E-state index contributed by atoms with van der Waals surface area (Å²) in [5, 5.41) is 8.75. The summed E-state index contributed by atoms with van der Waals surface area (Å²) < 4.78 is 10.9. The van der Waals surface area contributed by atoms with Gasteiger partial charge in [0.1, 0.15) is 0 Å². The number of carboxylic acids is 1. The minimum absolute atomic E-state index is 0.0296. The van der Waals surface area contributed by atoms with Gasteiger partial charge >= 0.3 is 5.97 Å². The van der Waals surface area contributed by atoms with E-state index < -0.39 is 5.97 Å². The molecule has 2 saturated heterocycles. The molecule has 19 heavy (non-hydrogen) atoms. The first-order chi connectivity index (χ1) is 9.15. The standard InChI is InChI=1S/C13H21NO5/c15-12(7-10-3-1-2-5-18-10)14-4-6-19-11(9-14)8-13(16)17/h10-11H,1-9H2,(H,16,17)/t10-,11-/m0/s1. The molecule has 1 amide bonds. The molecular formula is C13H21NO5. The van der Waals surface area contributed by atoms with Crippen LogP contribution in [0.3, 0.4) is 0 Å². The topological polar surface area (TPSA) is 76.1 Å². The number of carboxylic acid groups (broad SMARTS) is 1. The molecule has 2 fully saturated rings. The number of amides is 1. The molecular weight excluding hydrogens is 250 g/mol. The number of carbonyl (C=O) groups is 2. The number of aliphatic carboxylic acids is 1. The second-order valence-corrected chi connectivity index (χ2v) is 5.12. The average molecular weight is 271 g/mol. The smallest absolute Gasteiger partial charge is 0.306 e. The second kappa shape index (κ2) is 6.86. The third kappa shape index (κ3) is 4.47. The van der Waals surface area contributed by atoms with Crippen molar-refractivity contribution in [3.8, 4) is 0 Å². The number of hydrogen-bond acceptors (Lipinski definition) is 4. The molecule has 6 heteroatoms. The first kappa shape index (κ1) is 14.3. The molecule has 0 aliphatic carbocycles. The molecule has 2 rings (SSSR count). The Morgan fingerprint density at radius 1 is 1.11 bits per heavy atom. The Balaban J connectivity index is 1.79. The predicted molar refractivity (Wildman–Crippen MR) is 66.8 cm³/mol. The fourth-order valence-corrected chi connectivity index (χ4v) is 2.56. The average Bonchev–Trinajstić information content (AvgIpc) is 2.39. The maximum Gasteiger partial charge on any atom is 0.306 e. The fraction of sp³-hybridized carbons (Fsp3) is 0.846. The molecule has 0 aromatic carbocycles. The minimum atomic E-state index is -0.894. The summed E-state index contributed by atoms with van der Waals surface area (Å²) in [6.07, 6.45) is 3.12. The van der Waals surface area contributed by atoms with Crippen molar-refractivity contribution in [2.45, 2.75) is 44.3 Å². The third-order valence-electron chi connectivity index (χ3n) is 3.57. The molecule has 2 aliphatic heterocycles. The van der Waals surface area contributed by atoms with Gasteiger partial charge in [0.05, 0.1) is 31.7 Å². The fourth-order valence-electron chi connectivity index (χ4n) is 2.56. The molecule has 0 aromatic heterocycles. The first-order valence-corrected chi connectivity index (χ1v) is 6.88. The van der Waals surface area contributed by atoms with Gasteiger partial charge in [-0.1, -0.05) is 0 Å². The van der Waals surface area contributed by atoms with Gasteiger partial charge in [0, 0.05) is 19.7 Å². The van der Waals surface area contributed by atoms with Crippen LogP contribution in [0.5, 0.6) is 0 Å². The number of morpholine rings is 1. The van der Waals surface area contributed by atoms with E-state index in [1.807, 2.05) is 0 Å². The van der Waals surface area contributed by atoms with E-state index in [-0.39, 0.29) is 24.5 Å². The van der Waals surface area contributed by atoms with Crippen LogP contribution >= 0.6 is 0 Å². The van der Waals surface area contributed by atoms with E-state index in [9.17, 15) is 9.59 Å². The molecule has 0 radical (unpaired) electrons. The van der Waals surface area contributed by atoms with Crippen LogP contribution in [-0.2, 0) is 19.1 Å². The molecule has 6 nitrogen and oxygen atoms in total. The van der Waals surface area contributed by atoms with E-state index in [0.717, 1.165) is 25.9 Å². The largest absolute Gasteiger partial charge is 0.481 e. The summed E-state index contributed by atoms with van der Waals surface area (Å²) in [5.74, 6) is -0.847. The van der Waals surface area contributed by atoms with Gasteiger partial charge in [-0.05, 0) is 19.3 Å². The van der Waals surface area contributed by atoms with Gasteiger partial charge in [0.2, 0.25) is 5.91 Å². The van der Waals surface area contributed by atoms with Crippen molar-refractivity contribution in [1.82, 2.24) is 4.90 Å². The first-order valence-electron chi connectivity index (χ1n) is 6.88. The van der Waals surface area contributed by atoms with Crippen molar-refractivity contribution < 1.29 is 24.2 Å². The summed E-state index contributed by atoms with van der Waals surface area (Å²) in [6, 6.07) is 0. The van der Waals surface area contributed by atoms with Gasteiger partial charge in [-0.15, -0.1) is 0 Å². The van der Waals surface area contributed by atoms with Crippen LogP contribution < -0.4 is 0 Å². The normalized spacial score (nSPS) is 28.1. The van der Waals surface area contributed by atoms with Gasteiger partial charge in [0.15, 0.2) is 0 Å². The second-order valence-electron chi connectivity index (χ2n) is 5.12. The van der Waals surface area contributed by atoms with Crippen molar-refractivity contribution in [2.24, 2.45) is 0 Å². The zero-order valence-corrected chi connectivity index (χ0v) is 11.0. The number of rotatable bonds is 4. The minimum Gasteiger partial charge on any atom is -0.481 e. The van der Waals surface area contributed by atoms with Gasteiger partial charge in [0.25, 0.3) is 0 Å². The summed E-state index contributed by atoms with van der Waals surface area (Å²) in [5.41, 5.74) is 0. The number of ether oxygens (including phenoxy) is 2. The van der Waals surface area contributed by atoms with E-state index in [0.29, 0.717) is 26.1 Å². The lowest BCUT2D eigenvalue weighted by Crippen LogP contribution is -2.47. The summed E-state index contributed by atoms with van der Waals surface area (Å²) in [4.78, 5) is 24.5. The quantitative estimate of drug-likeness (QED) is 0.812. The van der Waals surface area contributed by atoms with Crippen molar-refractivity contribution in [3.05, 3.63) is 0 Å². The van der Waals surface area contributed by atoms with Crippen molar-refractivity contribution in [2.75, 3.05) is 26.3 Å². The summed E-state index contributed by atoms with van der Waals surface area (Å²) >= 11 is 0. The Morgan fingerprint density at radius 3 is 2.58 bits per heavy atom. The SMILES string of the molecule is O=C(O)C[C@H]1CN(C(=O)C[C@@H]2CCCCO2)CCO1. The Kier molecular flexibility index (Phi) is 5.15. The molecule has 108 valence electrons. The molecule has 2 atom stereocenters. The molecule has 0 bridgehead atoms. The number of carbonyl (C=O) groups excluding carboxylic acids is 1. The van der Waals surface area contributed by atoms with Gasteiger partial charge in [-0.3, -0.25) is 9.59 Å². The van der Waals surface area contributed by atoms with E-state index >= 15 is 0 Å². The molecule has 2 aliphatic rings. The van der Waals surface area contributed by atoms with E-state index in [2.05, 4.69) is 0 Å². The maximum absolute atomic E-state index is 12.1. The Labute approximate surface area is 112 Å².